The Bertz CT molecular complexity index is 1230. The van der Waals surface area contributed by atoms with Gasteiger partial charge in [-0.1, -0.05) is 58.0 Å². The van der Waals surface area contributed by atoms with E-state index >= 15 is 0 Å². The van der Waals surface area contributed by atoms with Crippen LogP contribution >= 0.6 is 0 Å². The molecule has 220 valence electrons. The topological polar surface area (TPSA) is 132 Å². The molecule has 3 unspecified atom stereocenters. The van der Waals surface area contributed by atoms with Gasteiger partial charge in [-0.3, -0.25) is 29.0 Å². The van der Waals surface area contributed by atoms with Crippen LogP contribution in [0, 0.1) is 23.7 Å². The summed E-state index contributed by atoms with van der Waals surface area (Å²) in [5.41, 5.74) is 2.48. The third kappa shape index (κ3) is 9.92. The van der Waals surface area contributed by atoms with E-state index < -0.39 is 41.4 Å². The molecule has 1 aliphatic rings. The standard InChI is InChI=1S/C32H41N3O6/c1-20(2)14-27(35-31(39)26(21(3)4)18-29(37)41-19-22-8-6-5-7-9-22)28(36)17-24-15-23-10-12-33-25(16-23)11-13-34-32(40)30(24)38/h5-10,12,16,20-21,24,26-27H,11,13-15,17-19H2,1-4H3,(H,34,40)(H,35,39). The maximum atomic E-state index is 13.6. The van der Waals surface area contributed by atoms with E-state index in [-0.39, 0.29) is 50.0 Å². The molecule has 9 nitrogen and oxygen atoms in total. The molecule has 2 N–H and O–H groups in total. The monoisotopic (exact) mass is 563 g/mol. The van der Waals surface area contributed by atoms with Crippen molar-refractivity contribution in [3.05, 3.63) is 65.5 Å². The summed E-state index contributed by atoms with van der Waals surface area (Å²) < 4.78 is 5.39. The first-order valence-electron chi connectivity index (χ1n) is 14.3. The quantitative estimate of drug-likeness (QED) is 0.299. The van der Waals surface area contributed by atoms with Crippen LogP contribution in [0.4, 0.5) is 0 Å². The zero-order valence-corrected chi connectivity index (χ0v) is 24.4. The van der Waals surface area contributed by atoms with Crippen LogP contribution in [0.1, 0.15) is 63.8 Å². The zero-order chi connectivity index (χ0) is 29.9. The largest absolute Gasteiger partial charge is 0.461 e. The Hall–Kier alpha value is -3.88. The Morgan fingerprint density at radius 1 is 1.07 bits per heavy atom. The fraction of sp³-hybridized carbons (Fsp3) is 0.500. The molecule has 9 heteroatoms. The number of benzene rings is 1. The molecular weight excluding hydrogens is 522 g/mol. The summed E-state index contributed by atoms with van der Waals surface area (Å²) in [5, 5.41) is 5.48. The smallest absolute Gasteiger partial charge is 0.306 e. The fourth-order valence-electron chi connectivity index (χ4n) is 4.92. The first-order valence-corrected chi connectivity index (χ1v) is 14.3. The van der Waals surface area contributed by atoms with Crippen molar-refractivity contribution in [3.8, 4) is 0 Å². The van der Waals surface area contributed by atoms with Gasteiger partial charge in [-0.25, -0.2) is 0 Å². The van der Waals surface area contributed by atoms with E-state index in [2.05, 4.69) is 15.6 Å². The molecule has 1 aliphatic heterocycles. The molecule has 3 rings (SSSR count). The lowest BCUT2D eigenvalue weighted by molar-refractivity contribution is -0.149. The second-order valence-corrected chi connectivity index (χ2v) is 11.5. The summed E-state index contributed by atoms with van der Waals surface area (Å²) in [5.74, 6) is -4.26. The predicted octanol–water partition coefficient (Wildman–Crippen LogP) is 3.38. The molecule has 0 saturated heterocycles. The van der Waals surface area contributed by atoms with E-state index in [9.17, 15) is 24.0 Å². The number of hydrogen-bond acceptors (Lipinski definition) is 7. The minimum atomic E-state index is -0.865. The van der Waals surface area contributed by atoms with Crippen LogP contribution in [0.5, 0.6) is 0 Å². The molecule has 0 spiro atoms. The van der Waals surface area contributed by atoms with Crippen molar-refractivity contribution in [3.63, 3.8) is 0 Å². The van der Waals surface area contributed by atoms with Gasteiger partial charge in [0.15, 0.2) is 5.78 Å². The van der Waals surface area contributed by atoms with Gasteiger partial charge < -0.3 is 15.4 Å². The highest BCUT2D eigenvalue weighted by Crippen LogP contribution is 2.21. The Balaban J connectivity index is 1.70. The number of nitrogens with one attached hydrogen (secondary N) is 2. The number of esters is 1. The molecule has 41 heavy (non-hydrogen) atoms. The number of carbonyl (C=O) groups excluding carboxylic acids is 5. The second kappa shape index (κ2) is 15.2. The number of ether oxygens (including phenoxy) is 1. The molecule has 0 saturated carbocycles. The minimum absolute atomic E-state index is 0.0726. The summed E-state index contributed by atoms with van der Waals surface area (Å²) in [6.07, 6.45) is 2.45. The third-order valence-corrected chi connectivity index (χ3v) is 7.25. The maximum Gasteiger partial charge on any atom is 0.306 e. The molecule has 2 aromatic rings. The van der Waals surface area contributed by atoms with Gasteiger partial charge >= 0.3 is 5.97 Å². The Morgan fingerprint density at radius 2 is 1.80 bits per heavy atom. The Kier molecular flexibility index (Phi) is 11.7. The van der Waals surface area contributed by atoms with Crippen molar-refractivity contribution < 1.29 is 28.7 Å². The number of hydrogen-bond donors (Lipinski definition) is 2. The van der Waals surface area contributed by atoms with Gasteiger partial charge in [-0.2, -0.15) is 0 Å². The highest BCUT2D eigenvalue weighted by molar-refractivity contribution is 6.37. The second-order valence-electron chi connectivity index (χ2n) is 11.5. The highest BCUT2D eigenvalue weighted by atomic mass is 16.5. The van der Waals surface area contributed by atoms with Gasteiger partial charge in [-0.15, -0.1) is 0 Å². The van der Waals surface area contributed by atoms with Gasteiger partial charge in [0.05, 0.1) is 18.4 Å². The molecule has 2 bridgehead atoms. The van der Waals surface area contributed by atoms with Crippen LogP contribution < -0.4 is 10.6 Å². The van der Waals surface area contributed by atoms with Crippen molar-refractivity contribution >= 4 is 29.4 Å². The van der Waals surface area contributed by atoms with Gasteiger partial charge in [0.1, 0.15) is 6.61 Å². The normalized spacial score (nSPS) is 17.0. The van der Waals surface area contributed by atoms with Crippen molar-refractivity contribution in [2.24, 2.45) is 23.7 Å². The molecule has 2 amide bonds. The number of rotatable bonds is 12. The first-order chi connectivity index (χ1) is 19.5. The van der Waals surface area contributed by atoms with Crippen molar-refractivity contribution in [1.29, 1.82) is 0 Å². The lowest BCUT2D eigenvalue weighted by Crippen LogP contribution is -2.47. The van der Waals surface area contributed by atoms with Crippen LogP contribution in [-0.2, 0) is 48.2 Å². The van der Waals surface area contributed by atoms with E-state index in [1.807, 2.05) is 64.1 Å². The predicted molar refractivity (Wildman–Crippen MR) is 153 cm³/mol. The molecule has 1 aromatic heterocycles. The van der Waals surface area contributed by atoms with E-state index in [4.69, 9.17) is 4.74 Å². The van der Waals surface area contributed by atoms with E-state index in [1.54, 1.807) is 12.3 Å². The number of carbonyl (C=O) groups is 5. The lowest BCUT2D eigenvalue weighted by atomic mass is 9.85. The van der Waals surface area contributed by atoms with Crippen LogP contribution in [0.15, 0.2) is 48.7 Å². The maximum absolute atomic E-state index is 13.6. The number of Topliss-reactive ketones (excluding diaryl/α,β-unsaturated/α-hetero) is 2. The fourth-order valence-corrected chi connectivity index (χ4v) is 4.92. The van der Waals surface area contributed by atoms with Gasteiger partial charge in [-0.05, 0) is 47.9 Å². The van der Waals surface area contributed by atoms with Crippen LogP contribution in [0.2, 0.25) is 0 Å². The molecule has 0 fully saturated rings. The SMILES string of the molecule is CC(C)CC(NC(=O)C(CC(=O)OCc1ccccc1)C(C)C)C(=O)CC1Cc2ccnc(c2)CCNC(=O)C1=O. The van der Waals surface area contributed by atoms with Gasteiger partial charge in [0.2, 0.25) is 11.7 Å². The summed E-state index contributed by atoms with van der Waals surface area (Å²) in [4.78, 5) is 69.4. The molecule has 0 radical (unpaired) electrons. The number of ketones is 2. The average molecular weight is 564 g/mol. The van der Waals surface area contributed by atoms with Crippen molar-refractivity contribution in [2.75, 3.05) is 6.54 Å². The number of amides is 2. The van der Waals surface area contributed by atoms with E-state index in [1.165, 1.54) is 0 Å². The van der Waals surface area contributed by atoms with Crippen molar-refractivity contribution in [2.45, 2.75) is 72.4 Å². The summed E-state index contributed by atoms with van der Waals surface area (Å²) in [6, 6.07) is 12.1. The van der Waals surface area contributed by atoms with E-state index in [0.29, 0.717) is 12.8 Å². The summed E-state index contributed by atoms with van der Waals surface area (Å²) >= 11 is 0. The minimum Gasteiger partial charge on any atom is -0.461 e. The number of fused-ring (bicyclic) bond motifs is 2. The van der Waals surface area contributed by atoms with E-state index in [0.717, 1.165) is 16.8 Å². The molecule has 1 aromatic carbocycles. The molecule has 2 heterocycles. The van der Waals surface area contributed by atoms with Gasteiger partial charge in [0, 0.05) is 37.2 Å². The van der Waals surface area contributed by atoms with Crippen molar-refractivity contribution in [1.82, 2.24) is 15.6 Å². The Labute approximate surface area is 241 Å². The van der Waals surface area contributed by atoms with Crippen LogP contribution in [0.3, 0.4) is 0 Å². The molecule has 0 aliphatic carbocycles. The molecule has 3 atom stereocenters. The summed E-state index contributed by atoms with van der Waals surface area (Å²) in [6.45, 7) is 7.95. The third-order valence-electron chi connectivity index (χ3n) is 7.25. The number of pyridine rings is 1. The lowest BCUT2D eigenvalue weighted by Gasteiger charge is -2.26. The van der Waals surface area contributed by atoms with Gasteiger partial charge in [0.25, 0.3) is 5.91 Å². The number of aromatic nitrogens is 1. The Morgan fingerprint density at radius 3 is 2.49 bits per heavy atom. The first kappa shape index (κ1) is 31.6. The average Bonchev–Trinajstić information content (AvgIpc) is 2.93. The van der Waals surface area contributed by atoms with Crippen LogP contribution in [-0.4, -0.2) is 46.9 Å². The van der Waals surface area contributed by atoms with Crippen LogP contribution in [0.25, 0.3) is 0 Å². The zero-order valence-electron chi connectivity index (χ0n) is 24.4. The highest BCUT2D eigenvalue weighted by Gasteiger charge is 2.34. The number of nitrogens with zero attached hydrogens (tertiary/aromatic N) is 1. The summed E-state index contributed by atoms with van der Waals surface area (Å²) in [7, 11) is 0. The molecular formula is C32H41N3O6.